The first-order valence-corrected chi connectivity index (χ1v) is 5.56. The van der Waals surface area contributed by atoms with Gasteiger partial charge in [0.05, 0.1) is 13.7 Å². The normalized spacial score (nSPS) is 11.8. The molecule has 8 heteroatoms. The highest BCUT2D eigenvalue weighted by molar-refractivity contribution is 6.33. The summed E-state index contributed by atoms with van der Waals surface area (Å²) in [5.41, 5.74) is 0.127. The Morgan fingerprint density at radius 2 is 2.00 bits per heavy atom. The molecule has 1 aromatic rings. The third kappa shape index (κ3) is 3.83. The van der Waals surface area contributed by atoms with Crippen molar-refractivity contribution in [1.29, 1.82) is 0 Å². The van der Waals surface area contributed by atoms with E-state index in [2.05, 4.69) is 15.0 Å². The number of pyridine rings is 1. The zero-order valence-corrected chi connectivity index (χ0v) is 10.8. The van der Waals surface area contributed by atoms with Crippen LogP contribution in [0.25, 0.3) is 0 Å². The van der Waals surface area contributed by atoms with E-state index in [4.69, 9.17) is 28.3 Å². The Balaban J connectivity index is 2.84. The molecule has 1 aromatic heterocycles. The van der Waals surface area contributed by atoms with Crippen molar-refractivity contribution in [2.45, 2.75) is 6.04 Å². The lowest BCUT2D eigenvalue weighted by molar-refractivity contribution is -0.143. The second kappa shape index (κ2) is 6.53. The van der Waals surface area contributed by atoms with Gasteiger partial charge in [-0.05, 0) is 12.1 Å². The number of aliphatic hydroxyl groups is 1. The van der Waals surface area contributed by atoms with E-state index >= 15 is 0 Å². The fraction of sp³-hybridized carbons (Fsp3) is 0.300. The molecule has 18 heavy (non-hydrogen) atoms. The van der Waals surface area contributed by atoms with Gasteiger partial charge in [-0.1, -0.05) is 23.2 Å². The molecule has 1 unspecified atom stereocenters. The summed E-state index contributed by atoms with van der Waals surface area (Å²) in [6, 6.07) is 1.43. The molecule has 0 aliphatic carbocycles. The third-order valence-electron chi connectivity index (χ3n) is 2.00. The van der Waals surface area contributed by atoms with Crippen LogP contribution in [0.2, 0.25) is 10.3 Å². The highest BCUT2D eigenvalue weighted by Crippen LogP contribution is 2.14. The summed E-state index contributed by atoms with van der Waals surface area (Å²) in [6.45, 7) is -0.578. The van der Waals surface area contributed by atoms with Crippen molar-refractivity contribution >= 4 is 35.1 Å². The first kappa shape index (κ1) is 14.7. The van der Waals surface area contributed by atoms with Crippen LogP contribution in [0.3, 0.4) is 0 Å². The number of methoxy groups -OCH3 is 1. The van der Waals surface area contributed by atoms with Crippen molar-refractivity contribution in [2.24, 2.45) is 0 Å². The van der Waals surface area contributed by atoms with E-state index in [9.17, 15) is 9.59 Å². The van der Waals surface area contributed by atoms with Crippen LogP contribution >= 0.6 is 23.2 Å². The molecule has 6 nitrogen and oxygen atoms in total. The first-order valence-electron chi connectivity index (χ1n) is 4.80. The van der Waals surface area contributed by atoms with Crippen molar-refractivity contribution in [3.8, 4) is 0 Å². The topological polar surface area (TPSA) is 88.5 Å². The standard InChI is InChI=1S/C10H10Cl2N2O4/c1-18-10(17)6(4-15)13-9(16)5-2-7(11)14-8(12)3-5/h2-3,6,15H,4H2,1H3,(H,13,16). The maximum atomic E-state index is 11.8. The summed E-state index contributed by atoms with van der Waals surface area (Å²) in [4.78, 5) is 26.6. The van der Waals surface area contributed by atoms with Crippen molar-refractivity contribution in [1.82, 2.24) is 10.3 Å². The van der Waals surface area contributed by atoms with Gasteiger partial charge >= 0.3 is 5.97 Å². The Bertz CT molecular complexity index is 447. The maximum absolute atomic E-state index is 11.8. The van der Waals surface area contributed by atoms with E-state index in [-0.39, 0.29) is 15.9 Å². The summed E-state index contributed by atoms with van der Waals surface area (Å²) in [6.07, 6.45) is 0. The van der Waals surface area contributed by atoms with Gasteiger partial charge in [-0.3, -0.25) is 4.79 Å². The zero-order chi connectivity index (χ0) is 13.7. The van der Waals surface area contributed by atoms with E-state index in [0.717, 1.165) is 7.11 Å². The van der Waals surface area contributed by atoms with Gasteiger partial charge in [0.25, 0.3) is 5.91 Å². The lowest BCUT2D eigenvalue weighted by Gasteiger charge is -2.13. The second-order valence-electron chi connectivity index (χ2n) is 3.23. The number of esters is 1. The molecular formula is C10H10Cl2N2O4. The minimum Gasteiger partial charge on any atom is -0.467 e. The molecular weight excluding hydrogens is 283 g/mol. The molecule has 0 saturated carbocycles. The number of carbonyl (C=O) groups is 2. The Morgan fingerprint density at radius 3 is 2.44 bits per heavy atom. The fourth-order valence-corrected chi connectivity index (χ4v) is 1.62. The minimum absolute atomic E-state index is 0.0475. The predicted octanol–water partition coefficient (Wildman–Crippen LogP) is 0.652. The summed E-state index contributed by atoms with van der Waals surface area (Å²) >= 11 is 11.3. The van der Waals surface area contributed by atoms with Crippen molar-refractivity contribution in [2.75, 3.05) is 13.7 Å². The molecule has 1 amide bonds. The number of amides is 1. The predicted molar refractivity (Wildman–Crippen MR) is 64.6 cm³/mol. The molecule has 98 valence electrons. The van der Waals surface area contributed by atoms with Gasteiger partial charge in [-0.2, -0.15) is 0 Å². The van der Waals surface area contributed by atoms with Crippen LogP contribution in [0.4, 0.5) is 0 Å². The van der Waals surface area contributed by atoms with E-state index in [1.165, 1.54) is 12.1 Å². The molecule has 0 spiro atoms. The molecule has 0 aliphatic rings. The molecule has 2 N–H and O–H groups in total. The third-order valence-corrected chi connectivity index (χ3v) is 2.39. The van der Waals surface area contributed by atoms with Gasteiger partial charge in [0.2, 0.25) is 0 Å². The highest BCUT2D eigenvalue weighted by Gasteiger charge is 2.21. The SMILES string of the molecule is COC(=O)C(CO)NC(=O)c1cc(Cl)nc(Cl)c1. The van der Waals surface area contributed by atoms with Gasteiger partial charge in [-0.25, -0.2) is 9.78 Å². The number of aliphatic hydroxyl groups excluding tert-OH is 1. The van der Waals surface area contributed by atoms with Gasteiger partial charge in [-0.15, -0.1) is 0 Å². The summed E-state index contributed by atoms with van der Waals surface area (Å²) < 4.78 is 4.41. The number of nitrogens with zero attached hydrogens (tertiary/aromatic N) is 1. The lowest BCUT2D eigenvalue weighted by Crippen LogP contribution is -2.44. The number of carbonyl (C=O) groups excluding carboxylic acids is 2. The van der Waals surface area contributed by atoms with Crippen LogP contribution in [0.5, 0.6) is 0 Å². The van der Waals surface area contributed by atoms with Crippen LogP contribution < -0.4 is 5.32 Å². The summed E-state index contributed by atoms with van der Waals surface area (Å²) in [7, 11) is 1.15. The van der Waals surface area contributed by atoms with E-state index in [1.54, 1.807) is 0 Å². The maximum Gasteiger partial charge on any atom is 0.330 e. The molecule has 0 bridgehead atoms. The number of ether oxygens (including phenoxy) is 1. The van der Waals surface area contributed by atoms with Crippen LogP contribution in [-0.2, 0) is 9.53 Å². The van der Waals surface area contributed by atoms with Crippen molar-refractivity contribution in [3.63, 3.8) is 0 Å². The van der Waals surface area contributed by atoms with Crippen molar-refractivity contribution in [3.05, 3.63) is 28.0 Å². The summed E-state index contributed by atoms with van der Waals surface area (Å²) in [5.74, 6) is -1.37. The Hall–Kier alpha value is -1.37. The Morgan fingerprint density at radius 1 is 1.44 bits per heavy atom. The molecule has 1 rings (SSSR count). The van der Waals surface area contributed by atoms with Crippen LogP contribution in [0.1, 0.15) is 10.4 Å². The number of hydrogen-bond acceptors (Lipinski definition) is 5. The molecule has 0 fully saturated rings. The lowest BCUT2D eigenvalue weighted by atomic mass is 10.2. The quantitative estimate of drug-likeness (QED) is 0.628. The largest absolute Gasteiger partial charge is 0.467 e. The second-order valence-corrected chi connectivity index (χ2v) is 4.01. The zero-order valence-electron chi connectivity index (χ0n) is 9.31. The van der Waals surface area contributed by atoms with Gasteiger partial charge in [0, 0.05) is 5.56 Å². The summed E-state index contributed by atoms with van der Waals surface area (Å²) in [5, 5.41) is 11.3. The Labute approximate surface area is 113 Å². The van der Waals surface area contributed by atoms with Gasteiger partial charge in [0.15, 0.2) is 6.04 Å². The van der Waals surface area contributed by atoms with Crippen LogP contribution in [0, 0.1) is 0 Å². The van der Waals surface area contributed by atoms with Crippen LogP contribution in [-0.4, -0.2) is 41.7 Å². The number of aromatic nitrogens is 1. The molecule has 1 atom stereocenters. The smallest absolute Gasteiger partial charge is 0.330 e. The minimum atomic E-state index is -1.15. The molecule has 0 radical (unpaired) electrons. The fourth-order valence-electron chi connectivity index (χ4n) is 1.16. The van der Waals surface area contributed by atoms with Crippen LogP contribution in [0.15, 0.2) is 12.1 Å². The van der Waals surface area contributed by atoms with Crippen molar-refractivity contribution < 1.29 is 19.4 Å². The van der Waals surface area contributed by atoms with E-state index in [1.807, 2.05) is 0 Å². The van der Waals surface area contributed by atoms with E-state index in [0.29, 0.717) is 0 Å². The Kier molecular flexibility index (Phi) is 5.33. The van der Waals surface area contributed by atoms with Gasteiger partial charge < -0.3 is 15.2 Å². The highest BCUT2D eigenvalue weighted by atomic mass is 35.5. The number of hydrogen-bond donors (Lipinski definition) is 2. The monoisotopic (exact) mass is 292 g/mol. The molecule has 0 aromatic carbocycles. The molecule has 1 heterocycles. The van der Waals surface area contributed by atoms with Gasteiger partial charge in [0.1, 0.15) is 10.3 Å². The first-order chi connectivity index (χ1) is 8.47. The molecule has 0 aliphatic heterocycles. The molecule has 0 saturated heterocycles. The van der Waals surface area contributed by atoms with E-state index < -0.39 is 24.5 Å². The number of rotatable bonds is 4. The number of halogens is 2. The average Bonchev–Trinajstić information content (AvgIpc) is 2.33. The average molecular weight is 293 g/mol. The number of nitrogens with one attached hydrogen (secondary N) is 1.